The predicted octanol–water partition coefficient (Wildman–Crippen LogP) is 1.57. The lowest BCUT2D eigenvalue weighted by Gasteiger charge is -2.30. The van der Waals surface area contributed by atoms with Crippen molar-refractivity contribution in [3.05, 3.63) is 30.0 Å². The highest BCUT2D eigenvalue weighted by Crippen LogP contribution is 2.28. The molecule has 0 N–H and O–H groups in total. The number of aromatic nitrogens is 3. The van der Waals surface area contributed by atoms with E-state index in [4.69, 9.17) is 4.42 Å². The van der Waals surface area contributed by atoms with Crippen molar-refractivity contribution >= 4 is 10.0 Å². The Kier molecular flexibility index (Phi) is 4.85. The summed E-state index contributed by atoms with van der Waals surface area (Å²) >= 11 is 0. The first-order valence-corrected chi connectivity index (χ1v) is 10.6. The maximum Gasteiger partial charge on any atom is 0.276 e. The summed E-state index contributed by atoms with van der Waals surface area (Å²) in [6, 6.07) is 3.38. The molecule has 2 aliphatic rings. The van der Waals surface area contributed by atoms with Gasteiger partial charge in [0.15, 0.2) is 0 Å². The third-order valence-electron chi connectivity index (χ3n) is 5.37. The normalized spacial score (nSPS) is 20.8. The molecule has 0 spiro atoms. The lowest BCUT2D eigenvalue weighted by Crippen LogP contribution is -2.33. The highest BCUT2D eigenvalue weighted by Gasteiger charge is 2.30. The van der Waals surface area contributed by atoms with Crippen LogP contribution in [0.25, 0.3) is 0 Å². The van der Waals surface area contributed by atoms with E-state index in [0.717, 1.165) is 44.6 Å². The number of rotatable bonds is 5. The zero-order valence-corrected chi connectivity index (χ0v) is 15.9. The van der Waals surface area contributed by atoms with Gasteiger partial charge in [0, 0.05) is 26.1 Å². The number of aryl methyl sites for hydroxylation is 1. The standard InChI is InChI=1S/C17H25N5O3S/c1-20-13-18-19-17(20)14-6-10-21(11-7-14)12-15-4-5-16(25-15)26(23,24)22-8-2-3-9-22/h4-5,13-14H,2-3,6-12H2,1H3. The molecule has 2 saturated heterocycles. The molecule has 9 heteroatoms. The molecule has 26 heavy (non-hydrogen) atoms. The summed E-state index contributed by atoms with van der Waals surface area (Å²) in [7, 11) is -1.49. The SMILES string of the molecule is Cn1cnnc1C1CCN(Cc2ccc(S(=O)(=O)N3CCCC3)o2)CC1. The minimum Gasteiger partial charge on any atom is -0.447 e. The minimum absolute atomic E-state index is 0.0726. The van der Waals surface area contributed by atoms with Gasteiger partial charge in [-0.15, -0.1) is 10.2 Å². The van der Waals surface area contributed by atoms with Gasteiger partial charge in [0.25, 0.3) is 10.0 Å². The summed E-state index contributed by atoms with van der Waals surface area (Å²) in [5.74, 6) is 2.18. The maximum atomic E-state index is 12.5. The molecule has 0 aliphatic carbocycles. The summed E-state index contributed by atoms with van der Waals surface area (Å²) in [6.07, 6.45) is 5.63. The van der Waals surface area contributed by atoms with Crippen LogP contribution < -0.4 is 0 Å². The molecule has 0 amide bonds. The summed E-state index contributed by atoms with van der Waals surface area (Å²) in [6.45, 7) is 3.70. The van der Waals surface area contributed by atoms with Crippen LogP contribution in [0.15, 0.2) is 28.0 Å². The third-order valence-corrected chi connectivity index (χ3v) is 7.15. The second-order valence-corrected chi connectivity index (χ2v) is 9.05. The molecule has 4 heterocycles. The van der Waals surface area contributed by atoms with E-state index in [-0.39, 0.29) is 5.09 Å². The predicted molar refractivity (Wildman–Crippen MR) is 95.0 cm³/mol. The van der Waals surface area contributed by atoms with Crippen LogP contribution >= 0.6 is 0 Å². The van der Waals surface area contributed by atoms with Crippen LogP contribution in [0.4, 0.5) is 0 Å². The molecule has 142 valence electrons. The fourth-order valence-electron chi connectivity index (χ4n) is 3.87. The van der Waals surface area contributed by atoms with Gasteiger partial charge in [-0.25, -0.2) is 8.42 Å². The number of likely N-dealkylation sites (tertiary alicyclic amines) is 1. The minimum atomic E-state index is -3.47. The molecule has 0 atom stereocenters. The Labute approximate surface area is 153 Å². The zero-order chi connectivity index (χ0) is 18.1. The highest BCUT2D eigenvalue weighted by atomic mass is 32.2. The first-order valence-electron chi connectivity index (χ1n) is 9.19. The Hall–Kier alpha value is -1.71. The molecular formula is C17H25N5O3S. The van der Waals surface area contributed by atoms with Gasteiger partial charge in [-0.3, -0.25) is 4.90 Å². The molecule has 0 bridgehead atoms. The van der Waals surface area contributed by atoms with Crippen molar-refractivity contribution in [3.63, 3.8) is 0 Å². The number of piperidine rings is 1. The largest absolute Gasteiger partial charge is 0.447 e. The Morgan fingerprint density at radius 1 is 1.15 bits per heavy atom. The maximum absolute atomic E-state index is 12.5. The van der Waals surface area contributed by atoms with E-state index in [9.17, 15) is 8.42 Å². The van der Waals surface area contributed by atoms with E-state index in [1.165, 1.54) is 4.31 Å². The highest BCUT2D eigenvalue weighted by molar-refractivity contribution is 7.89. The van der Waals surface area contributed by atoms with E-state index in [1.807, 2.05) is 11.6 Å². The van der Waals surface area contributed by atoms with Crippen LogP contribution in [0, 0.1) is 0 Å². The first-order chi connectivity index (χ1) is 12.5. The van der Waals surface area contributed by atoms with E-state index in [2.05, 4.69) is 15.1 Å². The molecule has 2 aromatic rings. The average molecular weight is 379 g/mol. The fraction of sp³-hybridized carbons (Fsp3) is 0.647. The van der Waals surface area contributed by atoms with Crippen LogP contribution in [0.2, 0.25) is 0 Å². The van der Waals surface area contributed by atoms with Gasteiger partial charge in [-0.2, -0.15) is 4.31 Å². The molecule has 2 aromatic heterocycles. The van der Waals surface area contributed by atoms with Gasteiger partial charge in [-0.1, -0.05) is 0 Å². The quantitative estimate of drug-likeness (QED) is 0.784. The second-order valence-electron chi connectivity index (χ2n) is 7.18. The van der Waals surface area contributed by atoms with Crippen molar-refractivity contribution in [2.75, 3.05) is 26.2 Å². The Bertz CT molecular complexity index is 845. The molecule has 0 saturated carbocycles. The average Bonchev–Trinajstić information content (AvgIpc) is 3.37. The monoisotopic (exact) mass is 379 g/mol. The molecule has 0 aromatic carbocycles. The topological polar surface area (TPSA) is 84.5 Å². The van der Waals surface area contributed by atoms with Gasteiger partial charge in [0.2, 0.25) is 5.09 Å². The van der Waals surface area contributed by atoms with Crippen molar-refractivity contribution in [1.29, 1.82) is 0 Å². The molecular weight excluding hydrogens is 354 g/mol. The van der Waals surface area contributed by atoms with Crippen molar-refractivity contribution in [2.24, 2.45) is 7.05 Å². The van der Waals surface area contributed by atoms with Gasteiger partial charge in [0.1, 0.15) is 17.9 Å². The van der Waals surface area contributed by atoms with E-state index < -0.39 is 10.0 Å². The van der Waals surface area contributed by atoms with Gasteiger partial charge in [-0.05, 0) is 50.9 Å². The van der Waals surface area contributed by atoms with Crippen molar-refractivity contribution in [3.8, 4) is 0 Å². The van der Waals surface area contributed by atoms with Crippen LogP contribution in [0.1, 0.15) is 43.2 Å². The summed E-state index contributed by atoms with van der Waals surface area (Å²) < 4.78 is 34.3. The van der Waals surface area contributed by atoms with E-state index in [1.54, 1.807) is 18.5 Å². The molecule has 8 nitrogen and oxygen atoms in total. The van der Waals surface area contributed by atoms with Gasteiger partial charge in [0.05, 0.1) is 6.54 Å². The van der Waals surface area contributed by atoms with Crippen molar-refractivity contribution in [2.45, 2.75) is 43.2 Å². The number of nitrogens with zero attached hydrogens (tertiary/aromatic N) is 5. The van der Waals surface area contributed by atoms with E-state index >= 15 is 0 Å². The van der Waals surface area contributed by atoms with Crippen molar-refractivity contribution < 1.29 is 12.8 Å². The van der Waals surface area contributed by atoms with E-state index in [0.29, 0.717) is 31.3 Å². The number of hydrogen-bond donors (Lipinski definition) is 0. The number of furan rings is 1. The number of hydrogen-bond acceptors (Lipinski definition) is 6. The fourth-order valence-corrected chi connectivity index (χ4v) is 5.31. The summed E-state index contributed by atoms with van der Waals surface area (Å²) in [5, 5.41) is 8.26. The summed E-state index contributed by atoms with van der Waals surface area (Å²) in [4.78, 5) is 2.30. The van der Waals surface area contributed by atoms with Crippen molar-refractivity contribution in [1.82, 2.24) is 24.0 Å². The van der Waals surface area contributed by atoms with Crippen LogP contribution in [0.3, 0.4) is 0 Å². The van der Waals surface area contributed by atoms with Crippen LogP contribution in [0.5, 0.6) is 0 Å². The third kappa shape index (κ3) is 3.43. The molecule has 2 aliphatic heterocycles. The first kappa shape index (κ1) is 17.7. The Morgan fingerprint density at radius 3 is 2.54 bits per heavy atom. The lowest BCUT2D eigenvalue weighted by molar-refractivity contribution is 0.183. The summed E-state index contributed by atoms with van der Waals surface area (Å²) in [5.41, 5.74) is 0. The molecule has 0 unspecified atom stereocenters. The molecule has 2 fully saturated rings. The Morgan fingerprint density at radius 2 is 1.88 bits per heavy atom. The van der Waals surface area contributed by atoms with Gasteiger partial charge < -0.3 is 8.98 Å². The van der Waals surface area contributed by atoms with Crippen LogP contribution in [-0.4, -0.2) is 58.6 Å². The lowest BCUT2D eigenvalue weighted by atomic mass is 9.96. The van der Waals surface area contributed by atoms with Gasteiger partial charge >= 0.3 is 0 Å². The zero-order valence-electron chi connectivity index (χ0n) is 15.0. The smallest absolute Gasteiger partial charge is 0.276 e. The second kappa shape index (κ2) is 7.13. The molecule has 4 rings (SSSR count). The Balaban J connectivity index is 1.36. The number of sulfonamides is 1. The van der Waals surface area contributed by atoms with Crippen LogP contribution in [-0.2, 0) is 23.6 Å². The molecule has 0 radical (unpaired) electrons.